The highest BCUT2D eigenvalue weighted by Crippen LogP contribution is 2.36. The summed E-state index contributed by atoms with van der Waals surface area (Å²) in [5.74, 6) is 0. The van der Waals surface area contributed by atoms with Gasteiger partial charge in [0.2, 0.25) is 0 Å². The van der Waals surface area contributed by atoms with Gasteiger partial charge in [-0.3, -0.25) is 10.1 Å². The smallest absolute Gasteiger partial charge is 0.274 e. The Morgan fingerprint density at radius 3 is 2.86 bits per heavy atom. The fourth-order valence-electron chi connectivity index (χ4n) is 2.83. The Kier molecular flexibility index (Phi) is 3.68. The molecule has 0 saturated heterocycles. The van der Waals surface area contributed by atoms with E-state index in [0.29, 0.717) is 5.56 Å². The average molecular weight is 347 g/mol. The van der Waals surface area contributed by atoms with Crippen molar-refractivity contribution in [1.82, 2.24) is 0 Å². The molecule has 108 valence electrons. The number of benzene rings is 2. The molecule has 0 aliphatic heterocycles. The van der Waals surface area contributed by atoms with E-state index < -0.39 is 0 Å². The van der Waals surface area contributed by atoms with E-state index in [1.54, 1.807) is 19.1 Å². The molecule has 0 fully saturated rings. The first kappa shape index (κ1) is 14.1. The number of nitro groups is 1. The molecule has 0 saturated carbocycles. The van der Waals surface area contributed by atoms with E-state index in [4.69, 9.17) is 0 Å². The maximum atomic E-state index is 11.0. The summed E-state index contributed by atoms with van der Waals surface area (Å²) in [4.78, 5) is 10.7. The molecule has 1 atom stereocenters. The highest BCUT2D eigenvalue weighted by Gasteiger charge is 2.23. The zero-order valence-electron chi connectivity index (χ0n) is 11.6. The van der Waals surface area contributed by atoms with Crippen molar-refractivity contribution in [1.29, 1.82) is 0 Å². The molecule has 0 bridgehead atoms. The Morgan fingerprint density at radius 1 is 1.29 bits per heavy atom. The van der Waals surface area contributed by atoms with Crippen LogP contribution in [0.15, 0.2) is 40.9 Å². The van der Waals surface area contributed by atoms with Crippen LogP contribution in [-0.4, -0.2) is 4.92 Å². The first-order valence-corrected chi connectivity index (χ1v) is 7.64. The van der Waals surface area contributed by atoms with E-state index in [0.717, 1.165) is 23.0 Å². The molecule has 0 spiro atoms. The van der Waals surface area contributed by atoms with Gasteiger partial charge in [0.15, 0.2) is 0 Å². The SMILES string of the molecule is Cc1ccc(NC2CCc3cc(Br)ccc32)cc1[N+](=O)[O-]. The highest BCUT2D eigenvalue weighted by atomic mass is 79.9. The third kappa shape index (κ3) is 2.78. The maximum Gasteiger partial charge on any atom is 0.274 e. The number of nitrogens with one attached hydrogen (secondary N) is 1. The van der Waals surface area contributed by atoms with Gasteiger partial charge in [0.1, 0.15) is 0 Å². The molecule has 2 aromatic carbocycles. The van der Waals surface area contributed by atoms with Gasteiger partial charge in [-0.25, -0.2) is 0 Å². The van der Waals surface area contributed by atoms with Gasteiger partial charge >= 0.3 is 0 Å². The van der Waals surface area contributed by atoms with Gasteiger partial charge in [-0.2, -0.15) is 0 Å². The number of rotatable bonds is 3. The summed E-state index contributed by atoms with van der Waals surface area (Å²) >= 11 is 3.49. The van der Waals surface area contributed by atoms with E-state index in [2.05, 4.69) is 33.4 Å². The van der Waals surface area contributed by atoms with Gasteiger partial charge in [-0.15, -0.1) is 0 Å². The first-order valence-electron chi connectivity index (χ1n) is 6.84. The third-order valence-corrected chi connectivity index (χ3v) is 4.42. The zero-order valence-corrected chi connectivity index (χ0v) is 13.2. The Labute approximate surface area is 131 Å². The van der Waals surface area contributed by atoms with E-state index in [-0.39, 0.29) is 16.7 Å². The molecule has 3 rings (SSSR count). The molecule has 1 aliphatic rings. The molecule has 2 aromatic rings. The molecule has 0 amide bonds. The van der Waals surface area contributed by atoms with Crippen LogP contribution in [0.5, 0.6) is 0 Å². The Hall–Kier alpha value is -1.88. The molecular formula is C16H15BrN2O2. The number of fused-ring (bicyclic) bond motifs is 1. The summed E-state index contributed by atoms with van der Waals surface area (Å²) in [5, 5.41) is 14.4. The lowest BCUT2D eigenvalue weighted by Crippen LogP contribution is -2.07. The maximum absolute atomic E-state index is 11.0. The van der Waals surface area contributed by atoms with Crippen LogP contribution < -0.4 is 5.32 Å². The second kappa shape index (κ2) is 5.48. The number of halogens is 1. The average Bonchev–Trinajstić information content (AvgIpc) is 2.83. The molecule has 21 heavy (non-hydrogen) atoms. The molecular weight excluding hydrogens is 332 g/mol. The molecule has 1 N–H and O–H groups in total. The number of aryl methyl sites for hydroxylation is 2. The van der Waals surface area contributed by atoms with Gasteiger partial charge < -0.3 is 5.32 Å². The Balaban J connectivity index is 1.86. The molecule has 4 nitrogen and oxygen atoms in total. The number of nitro benzene ring substituents is 1. The second-order valence-electron chi connectivity index (χ2n) is 5.34. The van der Waals surface area contributed by atoms with E-state index >= 15 is 0 Å². The number of hydrogen-bond acceptors (Lipinski definition) is 3. The van der Waals surface area contributed by atoms with Crippen molar-refractivity contribution in [3.8, 4) is 0 Å². The minimum absolute atomic E-state index is 0.161. The van der Waals surface area contributed by atoms with Crippen molar-refractivity contribution in [3.05, 3.63) is 67.7 Å². The van der Waals surface area contributed by atoms with Gasteiger partial charge in [0.25, 0.3) is 5.69 Å². The van der Waals surface area contributed by atoms with Crippen molar-refractivity contribution < 1.29 is 4.92 Å². The van der Waals surface area contributed by atoms with E-state index in [1.165, 1.54) is 11.1 Å². The summed E-state index contributed by atoms with van der Waals surface area (Å²) in [5.41, 5.74) is 4.26. The molecule has 1 unspecified atom stereocenters. The first-order chi connectivity index (χ1) is 10.0. The molecule has 5 heteroatoms. The monoisotopic (exact) mass is 346 g/mol. The number of hydrogen-bond donors (Lipinski definition) is 1. The van der Waals surface area contributed by atoms with Crippen molar-refractivity contribution in [3.63, 3.8) is 0 Å². The fraction of sp³-hybridized carbons (Fsp3) is 0.250. The largest absolute Gasteiger partial charge is 0.378 e. The van der Waals surface area contributed by atoms with Crippen LogP contribution >= 0.6 is 15.9 Å². The Morgan fingerprint density at radius 2 is 2.10 bits per heavy atom. The van der Waals surface area contributed by atoms with Crippen LogP contribution in [0.3, 0.4) is 0 Å². The second-order valence-corrected chi connectivity index (χ2v) is 6.25. The summed E-state index contributed by atoms with van der Waals surface area (Å²) in [7, 11) is 0. The molecule has 0 aromatic heterocycles. The molecule has 1 aliphatic carbocycles. The lowest BCUT2D eigenvalue weighted by atomic mass is 10.1. The summed E-state index contributed by atoms with van der Waals surface area (Å²) in [6.45, 7) is 1.75. The molecule has 0 heterocycles. The predicted molar refractivity (Wildman–Crippen MR) is 86.7 cm³/mol. The predicted octanol–water partition coefficient (Wildman–Crippen LogP) is 4.77. The minimum Gasteiger partial charge on any atom is -0.378 e. The van der Waals surface area contributed by atoms with Crippen molar-refractivity contribution in [2.45, 2.75) is 25.8 Å². The van der Waals surface area contributed by atoms with Crippen LogP contribution in [0.1, 0.15) is 29.2 Å². The van der Waals surface area contributed by atoms with Crippen LogP contribution in [-0.2, 0) is 6.42 Å². The van der Waals surface area contributed by atoms with Gasteiger partial charge in [-0.05, 0) is 49.1 Å². The zero-order chi connectivity index (χ0) is 15.0. The third-order valence-electron chi connectivity index (χ3n) is 3.93. The van der Waals surface area contributed by atoms with Crippen molar-refractivity contribution in [2.24, 2.45) is 0 Å². The van der Waals surface area contributed by atoms with Gasteiger partial charge in [-0.1, -0.05) is 28.1 Å². The fourth-order valence-corrected chi connectivity index (χ4v) is 3.24. The van der Waals surface area contributed by atoms with Gasteiger partial charge in [0, 0.05) is 21.8 Å². The van der Waals surface area contributed by atoms with Crippen LogP contribution in [0, 0.1) is 17.0 Å². The lowest BCUT2D eigenvalue weighted by molar-refractivity contribution is -0.385. The summed E-state index contributed by atoms with van der Waals surface area (Å²) in [6, 6.07) is 11.8. The lowest BCUT2D eigenvalue weighted by Gasteiger charge is -2.16. The van der Waals surface area contributed by atoms with E-state index in [9.17, 15) is 10.1 Å². The van der Waals surface area contributed by atoms with Crippen LogP contribution in [0.2, 0.25) is 0 Å². The van der Waals surface area contributed by atoms with Crippen LogP contribution in [0.4, 0.5) is 11.4 Å². The van der Waals surface area contributed by atoms with E-state index in [1.807, 2.05) is 12.1 Å². The minimum atomic E-state index is -0.333. The topological polar surface area (TPSA) is 55.2 Å². The van der Waals surface area contributed by atoms with Crippen LogP contribution in [0.25, 0.3) is 0 Å². The molecule has 0 radical (unpaired) electrons. The quantitative estimate of drug-likeness (QED) is 0.643. The van der Waals surface area contributed by atoms with Gasteiger partial charge in [0.05, 0.1) is 11.0 Å². The van der Waals surface area contributed by atoms with Crippen molar-refractivity contribution >= 4 is 27.3 Å². The van der Waals surface area contributed by atoms with Crippen molar-refractivity contribution in [2.75, 3.05) is 5.32 Å². The highest BCUT2D eigenvalue weighted by molar-refractivity contribution is 9.10. The Bertz CT molecular complexity index is 715. The summed E-state index contributed by atoms with van der Waals surface area (Å²) < 4.78 is 1.09. The normalized spacial score (nSPS) is 16.6. The number of anilines is 1. The number of nitrogens with zero attached hydrogens (tertiary/aromatic N) is 1. The summed E-state index contributed by atoms with van der Waals surface area (Å²) in [6.07, 6.45) is 2.04. The standard InChI is InChI=1S/C16H15BrN2O2/c1-10-2-5-13(9-16(10)19(20)21)18-15-7-3-11-8-12(17)4-6-14(11)15/h2,4-6,8-9,15,18H,3,7H2,1H3.